The highest BCUT2D eigenvalue weighted by Gasteiger charge is 2.27. The molecule has 0 aliphatic heterocycles. The van der Waals surface area contributed by atoms with Gasteiger partial charge in [0.15, 0.2) is 0 Å². The molecule has 2 N–H and O–H groups in total. The van der Waals surface area contributed by atoms with Crippen molar-refractivity contribution < 1.29 is 0 Å². The average Bonchev–Trinajstić information content (AvgIpc) is 2.53. The van der Waals surface area contributed by atoms with Crippen LogP contribution in [-0.2, 0) is 0 Å². The second-order valence-electron chi connectivity index (χ2n) is 4.88. The summed E-state index contributed by atoms with van der Waals surface area (Å²) in [5.74, 6) is 1.31. The van der Waals surface area contributed by atoms with Crippen molar-refractivity contribution >= 4 is 28.6 Å². The number of halogens is 1. The van der Waals surface area contributed by atoms with Gasteiger partial charge in [-0.05, 0) is 37.8 Å². The van der Waals surface area contributed by atoms with E-state index in [0.717, 1.165) is 17.0 Å². The Bertz CT molecular complexity index is 557. The van der Waals surface area contributed by atoms with Crippen molar-refractivity contribution in [1.29, 1.82) is 0 Å². The van der Waals surface area contributed by atoms with Crippen LogP contribution in [0.2, 0.25) is 5.02 Å². The van der Waals surface area contributed by atoms with Crippen LogP contribution in [-0.4, -0.2) is 9.55 Å². The van der Waals surface area contributed by atoms with Crippen LogP contribution in [0.5, 0.6) is 0 Å². The molecule has 0 bridgehead atoms. The number of aromatic nitrogens is 2. The van der Waals surface area contributed by atoms with Crippen molar-refractivity contribution in [1.82, 2.24) is 9.55 Å². The summed E-state index contributed by atoms with van der Waals surface area (Å²) in [5, 5.41) is 0.675. The maximum atomic E-state index is 6.14. The zero-order chi connectivity index (χ0) is 12.0. The number of hydrogen-bond donors (Lipinski definition) is 1. The third-order valence-corrected chi connectivity index (χ3v) is 4.24. The number of nitrogens with two attached hydrogens (primary N) is 1. The Morgan fingerprint density at radius 1 is 1.47 bits per heavy atom. The van der Waals surface area contributed by atoms with Crippen LogP contribution in [0.1, 0.15) is 32.2 Å². The molecular weight excluding hydrogens is 234 g/mol. The molecule has 3 nitrogen and oxygen atoms in total. The van der Waals surface area contributed by atoms with Gasteiger partial charge in [-0.2, -0.15) is 0 Å². The lowest BCUT2D eigenvalue weighted by Crippen LogP contribution is -2.23. The van der Waals surface area contributed by atoms with E-state index in [0.29, 0.717) is 17.0 Å². The van der Waals surface area contributed by atoms with E-state index in [1.165, 1.54) is 19.3 Å². The van der Waals surface area contributed by atoms with E-state index in [-0.39, 0.29) is 0 Å². The first-order valence-corrected chi connectivity index (χ1v) is 6.48. The van der Waals surface area contributed by atoms with E-state index < -0.39 is 0 Å². The predicted octanol–water partition coefficient (Wildman–Crippen LogP) is 3.63. The molecule has 90 valence electrons. The summed E-state index contributed by atoms with van der Waals surface area (Å²) in [4.78, 5) is 4.38. The van der Waals surface area contributed by atoms with Gasteiger partial charge in [0.25, 0.3) is 0 Å². The van der Waals surface area contributed by atoms with Crippen LogP contribution in [0.25, 0.3) is 11.0 Å². The van der Waals surface area contributed by atoms with Crippen molar-refractivity contribution in [2.75, 3.05) is 5.73 Å². The van der Waals surface area contributed by atoms with E-state index in [2.05, 4.69) is 16.5 Å². The Morgan fingerprint density at radius 3 is 2.88 bits per heavy atom. The van der Waals surface area contributed by atoms with E-state index in [1.54, 1.807) is 0 Å². The molecule has 1 unspecified atom stereocenters. The van der Waals surface area contributed by atoms with Gasteiger partial charge >= 0.3 is 0 Å². The van der Waals surface area contributed by atoms with Crippen molar-refractivity contribution in [3.63, 3.8) is 0 Å². The molecule has 1 atom stereocenters. The molecule has 1 fully saturated rings. The molecule has 1 aromatic heterocycles. The molecule has 17 heavy (non-hydrogen) atoms. The molecular formula is C13H16ClN3. The Hall–Kier alpha value is -1.22. The number of rotatable bonds is 2. The minimum Gasteiger partial charge on any atom is -0.369 e. The lowest BCUT2D eigenvalue weighted by atomic mass is 9.80. The highest BCUT2D eigenvalue weighted by atomic mass is 35.5. The number of para-hydroxylation sites is 1. The highest BCUT2D eigenvalue weighted by Crippen LogP contribution is 2.39. The van der Waals surface area contributed by atoms with Gasteiger partial charge < -0.3 is 10.3 Å². The maximum Gasteiger partial charge on any atom is 0.201 e. The average molecular weight is 250 g/mol. The molecule has 4 heteroatoms. The van der Waals surface area contributed by atoms with Gasteiger partial charge in [-0.1, -0.05) is 24.1 Å². The molecule has 1 aromatic carbocycles. The summed E-state index contributed by atoms with van der Waals surface area (Å²) < 4.78 is 2.13. The first kappa shape index (κ1) is 10.9. The predicted molar refractivity (Wildman–Crippen MR) is 71.2 cm³/mol. The summed E-state index contributed by atoms with van der Waals surface area (Å²) >= 11 is 6.14. The number of hydrogen-bond acceptors (Lipinski definition) is 2. The molecule has 0 saturated heterocycles. The second-order valence-corrected chi connectivity index (χ2v) is 5.29. The summed E-state index contributed by atoms with van der Waals surface area (Å²) in [6, 6.07) is 6.26. The van der Waals surface area contributed by atoms with E-state index in [9.17, 15) is 0 Å². The lowest BCUT2D eigenvalue weighted by Gasteiger charge is -2.33. The third-order valence-electron chi connectivity index (χ3n) is 3.94. The Kier molecular flexibility index (Phi) is 2.51. The molecule has 1 saturated carbocycles. The largest absolute Gasteiger partial charge is 0.369 e. The number of nitrogen functional groups attached to an aromatic ring is 1. The molecule has 3 rings (SSSR count). The standard InChI is InChI=1S/C13H16ClN3/c1-8(9-4-2-5-9)17-11-7-3-6-10(14)12(11)16-13(17)15/h3,6-9H,2,4-5H2,1H3,(H2,15,16). The molecule has 0 radical (unpaired) electrons. The molecule has 1 aliphatic carbocycles. The maximum absolute atomic E-state index is 6.14. The van der Waals surface area contributed by atoms with Crippen LogP contribution in [0, 0.1) is 5.92 Å². The first-order valence-electron chi connectivity index (χ1n) is 6.10. The fourth-order valence-electron chi connectivity index (χ4n) is 2.66. The van der Waals surface area contributed by atoms with Crippen LogP contribution in [0.3, 0.4) is 0 Å². The first-order chi connectivity index (χ1) is 8.18. The number of benzene rings is 1. The summed E-state index contributed by atoms with van der Waals surface area (Å²) in [7, 11) is 0. The normalized spacial score (nSPS) is 18.2. The Balaban J connectivity index is 2.14. The summed E-state index contributed by atoms with van der Waals surface area (Å²) in [5.41, 5.74) is 7.90. The van der Waals surface area contributed by atoms with Gasteiger partial charge in [0.05, 0.1) is 10.5 Å². The van der Waals surface area contributed by atoms with E-state index in [1.807, 2.05) is 18.2 Å². The van der Waals surface area contributed by atoms with Gasteiger partial charge in [-0.15, -0.1) is 0 Å². The van der Waals surface area contributed by atoms with E-state index >= 15 is 0 Å². The fourth-order valence-corrected chi connectivity index (χ4v) is 2.87. The number of fused-ring (bicyclic) bond motifs is 1. The smallest absolute Gasteiger partial charge is 0.201 e. The van der Waals surface area contributed by atoms with Crippen LogP contribution < -0.4 is 5.73 Å². The Labute approximate surface area is 106 Å². The van der Waals surface area contributed by atoms with Gasteiger partial charge in [-0.25, -0.2) is 4.98 Å². The zero-order valence-corrected chi connectivity index (χ0v) is 10.6. The van der Waals surface area contributed by atoms with E-state index in [4.69, 9.17) is 17.3 Å². The van der Waals surface area contributed by atoms with Gasteiger partial charge in [0, 0.05) is 6.04 Å². The van der Waals surface area contributed by atoms with Crippen LogP contribution >= 0.6 is 11.6 Å². The summed E-state index contributed by atoms with van der Waals surface area (Å²) in [6.45, 7) is 2.22. The second kappa shape index (κ2) is 3.91. The van der Waals surface area contributed by atoms with Crippen LogP contribution in [0.4, 0.5) is 5.95 Å². The SMILES string of the molecule is CC(C1CCC1)n1c(N)nc2c(Cl)cccc21. The molecule has 0 amide bonds. The fraction of sp³-hybridized carbons (Fsp3) is 0.462. The van der Waals surface area contributed by atoms with Gasteiger partial charge in [0.1, 0.15) is 5.52 Å². The highest BCUT2D eigenvalue weighted by molar-refractivity contribution is 6.35. The van der Waals surface area contributed by atoms with Crippen molar-refractivity contribution in [3.8, 4) is 0 Å². The molecule has 2 aromatic rings. The minimum absolute atomic E-state index is 0.409. The molecule has 1 aliphatic rings. The lowest BCUT2D eigenvalue weighted by molar-refractivity contribution is 0.227. The number of anilines is 1. The third kappa shape index (κ3) is 1.61. The van der Waals surface area contributed by atoms with Crippen molar-refractivity contribution in [2.24, 2.45) is 5.92 Å². The topological polar surface area (TPSA) is 43.8 Å². The van der Waals surface area contributed by atoms with Gasteiger partial charge in [-0.3, -0.25) is 0 Å². The van der Waals surface area contributed by atoms with Crippen molar-refractivity contribution in [2.45, 2.75) is 32.2 Å². The van der Waals surface area contributed by atoms with Gasteiger partial charge in [0.2, 0.25) is 5.95 Å². The summed E-state index contributed by atoms with van der Waals surface area (Å²) in [6.07, 6.45) is 3.92. The minimum atomic E-state index is 0.409. The Morgan fingerprint density at radius 2 is 2.24 bits per heavy atom. The molecule has 1 heterocycles. The zero-order valence-electron chi connectivity index (χ0n) is 9.86. The number of imidazole rings is 1. The quantitative estimate of drug-likeness (QED) is 0.883. The number of nitrogens with zero attached hydrogens (tertiary/aromatic N) is 2. The monoisotopic (exact) mass is 249 g/mol. The van der Waals surface area contributed by atoms with Crippen molar-refractivity contribution in [3.05, 3.63) is 23.2 Å². The van der Waals surface area contributed by atoms with Crippen LogP contribution in [0.15, 0.2) is 18.2 Å². The molecule has 0 spiro atoms.